The monoisotopic (exact) mass is 107 g/mol. The first kappa shape index (κ1) is 5.77. The van der Waals surface area contributed by atoms with E-state index in [9.17, 15) is 0 Å². The Kier molecular flexibility index (Phi) is 1.64. The molecule has 0 radical (unpaired) electrons. The van der Waals surface area contributed by atoms with Gasteiger partial charge in [0.1, 0.15) is 0 Å². The number of nitrogens with zero attached hydrogens (tertiary/aromatic N) is 1. The first-order valence-electron chi connectivity index (χ1n) is 2.83. The molecule has 0 N–H and O–H groups in total. The van der Waals surface area contributed by atoms with E-state index in [1.54, 1.807) is 0 Å². The molecule has 42 valence electrons. The van der Waals surface area contributed by atoms with Crippen LogP contribution in [0.3, 0.4) is 0 Å². The molecule has 1 aliphatic rings. The Morgan fingerprint density at radius 3 is 2.88 bits per heavy atom. The summed E-state index contributed by atoms with van der Waals surface area (Å²) in [6.45, 7) is 2.16. The molecule has 1 nitrogen and oxygen atoms in total. The van der Waals surface area contributed by atoms with Gasteiger partial charge in [0.15, 0.2) is 0 Å². The average Bonchev–Trinajstić information content (AvgIpc) is 2.14. The minimum atomic E-state index is 1.07. The van der Waals surface area contributed by atoms with Crippen molar-refractivity contribution in [2.24, 2.45) is 0 Å². The molecule has 0 spiro atoms. The van der Waals surface area contributed by atoms with Gasteiger partial charge in [0, 0.05) is 0 Å². The van der Waals surface area contributed by atoms with Gasteiger partial charge in [-0.15, -0.1) is 0 Å². The van der Waals surface area contributed by atoms with Crippen molar-refractivity contribution in [2.75, 3.05) is 20.1 Å². The quantitative estimate of drug-likeness (QED) is 0.410. The molecule has 0 unspecified atom stereocenters. The number of rotatable bonds is 1. The molecule has 0 amide bonds. The molecule has 1 heterocycles. The van der Waals surface area contributed by atoms with Crippen LogP contribution in [0.5, 0.6) is 0 Å². The normalized spacial score (nSPS) is 20.8. The molecular weight excluding hydrogens is 96.9 g/mol. The Morgan fingerprint density at radius 1 is 1.88 bits per heavy atom. The van der Waals surface area contributed by atoms with Gasteiger partial charge in [0.05, 0.1) is 0 Å². The molecule has 0 aromatic carbocycles. The van der Waals surface area contributed by atoms with E-state index < -0.39 is 0 Å². The summed E-state index contributed by atoms with van der Waals surface area (Å²) in [5, 5.41) is 0. The van der Waals surface area contributed by atoms with Crippen LogP contribution in [0.2, 0.25) is 0 Å². The number of hydrogen-bond donors (Lipinski definition) is 0. The van der Waals surface area contributed by atoms with Crippen molar-refractivity contribution < 1.29 is 0 Å². The first-order chi connectivity index (χ1) is 3.83. The van der Waals surface area contributed by atoms with Gasteiger partial charge in [-0.3, -0.25) is 0 Å². The maximum absolute atomic E-state index is 3.68. The fraction of sp³-hybridized carbons (Fsp3) is 0.500. The van der Waals surface area contributed by atoms with Crippen molar-refractivity contribution in [2.45, 2.75) is 0 Å². The van der Waals surface area contributed by atoms with Gasteiger partial charge in [-0.25, -0.2) is 0 Å². The van der Waals surface area contributed by atoms with Crippen molar-refractivity contribution in [1.82, 2.24) is 4.90 Å². The molecule has 0 bridgehead atoms. The van der Waals surface area contributed by atoms with Gasteiger partial charge in [0.25, 0.3) is 0 Å². The average molecular weight is 107 g/mol. The van der Waals surface area contributed by atoms with Crippen LogP contribution < -0.4 is 0 Å². The Labute approximate surface area is 51.1 Å². The summed E-state index contributed by atoms with van der Waals surface area (Å²) >= 11 is 0. The summed E-state index contributed by atoms with van der Waals surface area (Å²) in [5.74, 6) is 1.92. The molecule has 0 aliphatic carbocycles. The van der Waals surface area contributed by atoms with Crippen LogP contribution in [-0.4, -0.2) is 38.5 Å². The number of hydrogen-bond acceptors (Lipinski definition) is 1. The Morgan fingerprint density at radius 2 is 2.62 bits per heavy atom. The Balaban J connectivity index is 2.49. The molecule has 0 aromatic rings. The second kappa shape index (κ2) is 2.27. The van der Waals surface area contributed by atoms with Crippen molar-refractivity contribution in [3.05, 3.63) is 11.6 Å². The third kappa shape index (κ3) is 1.07. The van der Waals surface area contributed by atoms with Crippen molar-refractivity contribution in [3.8, 4) is 0 Å². The molecule has 0 aromatic heterocycles. The molecule has 2 heteroatoms. The third-order valence-electron chi connectivity index (χ3n) is 1.38. The first-order valence-corrected chi connectivity index (χ1v) is 2.83. The summed E-state index contributed by atoms with van der Waals surface area (Å²) < 4.78 is 0. The van der Waals surface area contributed by atoms with E-state index in [4.69, 9.17) is 0 Å². The Bertz CT molecular complexity index is 128. The Hall–Kier alpha value is -0.365. The standard InChI is InChI=1S/C6H10BN/c1-8-3-2-6(4-7)5-8/h2,4,7H,3,5H2,1H3. The summed E-state index contributed by atoms with van der Waals surface area (Å²) in [6.07, 6.45) is 2.20. The van der Waals surface area contributed by atoms with Crippen molar-refractivity contribution >= 4 is 13.5 Å². The molecule has 0 atom stereocenters. The molecule has 0 fully saturated rings. The van der Waals surface area contributed by atoms with Gasteiger partial charge in [-0.05, 0) is 0 Å². The third-order valence-corrected chi connectivity index (χ3v) is 1.38. The number of likely N-dealkylation sites (N-methyl/N-ethyl adjacent to an activating group) is 1. The predicted molar refractivity (Wildman–Crippen MR) is 38.8 cm³/mol. The fourth-order valence-electron chi connectivity index (χ4n) is 0.862. The molecule has 0 saturated heterocycles. The van der Waals surface area contributed by atoms with Crippen LogP contribution in [0.25, 0.3) is 0 Å². The van der Waals surface area contributed by atoms with E-state index in [0.717, 1.165) is 13.1 Å². The summed E-state index contributed by atoms with van der Waals surface area (Å²) in [4.78, 5) is 2.25. The summed E-state index contributed by atoms with van der Waals surface area (Å²) in [5.41, 5.74) is 1.35. The molecule has 8 heavy (non-hydrogen) atoms. The zero-order chi connectivity index (χ0) is 5.98. The maximum atomic E-state index is 3.68. The van der Waals surface area contributed by atoms with Gasteiger partial charge < -0.3 is 0 Å². The summed E-state index contributed by atoms with van der Waals surface area (Å²) in [7, 11) is 5.79. The zero-order valence-corrected chi connectivity index (χ0v) is 5.22. The fourth-order valence-corrected chi connectivity index (χ4v) is 0.862. The van der Waals surface area contributed by atoms with E-state index in [1.807, 2.05) is 5.97 Å². The predicted octanol–water partition coefficient (Wildman–Crippen LogP) is -0.439. The molecule has 0 saturated carbocycles. The van der Waals surface area contributed by atoms with Crippen LogP contribution in [0, 0.1) is 0 Å². The topological polar surface area (TPSA) is 3.24 Å². The van der Waals surface area contributed by atoms with Crippen LogP contribution >= 0.6 is 0 Å². The van der Waals surface area contributed by atoms with E-state index in [1.165, 1.54) is 5.57 Å². The van der Waals surface area contributed by atoms with E-state index >= 15 is 0 Å². The van der Waals surface area contributed by atoms with Crippen molar-refractivity contribution in [1.29, 1.82) is 0 Å². The van der Waals surface area contributed by atoms with E-state index in [2.05, 4.69) is 25.5 Å². The second-order valence-electron chi connectivity index (χ2n) is 2.18. The second-order valence-corrected chi connectivity index (χ2v) is 2.18. The van der Waals surface area contributed by atoms with Gasteiger partial charge >= 0.3 is 50.1 Å². The van der Waals surface area contributed by atoms with Crippen LogP contribution in [-0.2, 0) is 0 Å². The van der Waals surface area contributed by atoms with Crippen LogP contribution in [0.1, 0.15) is 0 Å². The van der Waals surface area contributed by atoms with Crippen molar-refractivity contribution in [3.63, 3.8) is 0 Å². The summed E-state index contributed by atoms with van der Waals surface area (Å²) in [6, 6.07) is 0. The van der Waals surface area contributed by atoms with Gasteiger partial charge in [-0.2, -0.15) is 0 Å². The van der Waals surface area contributed by atoms with E-state index in [0.29, 0.717) is 0 Å². The van der Waals surface area contributed by atoms with Gasteiger partial charge in [-0.1, -0.05) is 0 Å². The van der Waals surface area contributed by atoms with E-state index in [-0.39, 0.29) is 0 Å². The molecular formula is C6H10BN. The van der Waals surface area contributed by atoms with Crippen LogP contribution in [0.15, 0.2) is 11.6 Å². The zero-order valence-electron chi connectivity index (χ0n) is 5.22. The van der Waals surface area contributed by atoms with Crippen LogP contribution in [0.4, 0.5) is 0 Å². The molecule has 1 rings (SSSR count). The molecule has 1 aliphatic heterocycles. The van der Waals surface area contributed by atoms with Gasteiger partial charge in [0.2, 0.25) is 0 Å². The minimum absolute atomic E-state index is 1.07. The SMILES string of the molecule is B=CC1=CCN(C)C1.